The average Bonchev–Trinajstić information content (AvgIpc) is 3.40. The van der Waals surface area contributed by atoms with Crippen molar-refractivity contribution in [3.63, 3.8) is 0 Å². The zero-order valence-corrected chi connectivity index (χ0v) is 19.0. The van der Waals surface area contributed by atoms with Crippen molar-refractivity contribution in [2.24, 2.45) is 0 Å². The molecule has 4 rings (SSSR count). The molecule has 0 saturated carbocycles. The van der Waals surface area contributed by atoms with Gasteiger partial charge in [0.2, 0.25) is 5.91 Å². The Balaban J connectivity index is 1.25. The lowest BCUT2D eigenvalue weighted by Crippen LogP contribution is -2.47. The zero-order valence-electron chi connectivity index (χ0n) is 19.0. The largest absolute Gasteiger partial charge is 0.496 e. The molecule has 1 aliphatic rings. The second kappa shape index (κ2) is 10.7. The number of carbonyl (C=O) groups is 3. The van der Waals surface area contributed by atoms with Crippen LogP contribution in [0.4, 0.5) is 5.69 Å². The van der Waals surface area contributed by atoms with Crippen LogP contribution in [0.5, 0.6) is 5.75 Å². The van der Waals surface area contributed by atoms with Crippen LogP contribution in [-0.4, -0.2) is 48.9 Å². The quantitative estimate of drug-likeness (QED) is 0.561. The van der Waals surface area contributed by atoms with Gasteiger partial charge in [-0.3, -0.25) is 14.4 Å². The topological polar surface area (TPSA) is 101 Å². The summed E-state index contributed by atoms with van der Waals surface area (Å²) in [7, 11) is 1.60. The van der Waals surface area contributed by atoms with Gasteiger partial charge in [0, 0.05) is 35.9 Å². The lowest BCUT2D eigenvalue weighted by Gasteiger charge is -2.32. The standard InChI is InChI=1S/C26H27N3O5/c1-33-22-6-3-2-5-19(22)17-24(30)29-14-12-21(13-15-29)27-25(31)18-8-10-20(11-9-18)28-26(32)23-7-4-16-34-23/h2-11,16,21H,12-15,17H2,1H3,(H,27,31)(H,28,32). The maximum Gasteiger partial charge on any atom is 0.291 e. The number of piperidine rings is 1. The van der Waals surface area contributed by atoms with Crippen LogP contribution in [0.2, 0.25) is 0 Å². The summed E-state index contributed by atoms with van der Waals surface area (Å²) in [6.45, 7) is 1.19. The van der Waals surface area contributed by atoms with Crippen molar-refractivity contribution < 1.29 is 23.5 Å². The molecule has 0 atom stereocenters. The van der Waals surface area contributed by atoms with Crippen LogP contribution in [0.3, 0.4) is 0 Å². The molecule has 176 valence electrons. The minimum absolute atomic E-state index is 0.00106. The number of amides is 3. The van der Waals surface area contributed by atoms with Gasteiger partial charge in [-0.05, 0) is 55.3 Å². The highest BCUT2D eigenvalue weighted by molar-refractivity contribution is 6.02. The maximum atomic E-state index is 12.7. The van der Waals surface area contributed by atoms with E-state index < -0.39 is 0 Å². The van der Waals surface area contributed by atoms with Gasteiger partial charge in [0.15, 0.2) is 5.76 Å². The molecule has 1 aromatic heterocycles. The van der Waals surface area contributed by atoms with E-state index in [9.17, 15) is 14.4 Å². The van der Waals surface area contributed by atoms with E-state index in [1.807, 2.05) is 29.2 Å². The van der Waals surface area contributed by atoms with Gasteiger partial charge in [-0.25, -0.2) is 0 Å². The average molecular weight is 462 g/mol. The SMILES string of the molecule is COc1ccccc1CC(=O)N1CCC(NC(=O)c2ccc(NC(=O)c3ccco3)cc2)CC1. The Morgan fingerprint density at radius 2 is 1.71 bits per heavy atom. The third kappa shape index (κ3) is 5.64. The molecule has 8 heteroatoms. The normalized spacial score (nSPS) is 13.9. The van der Waals surface area contributed by atoms with Gasteiger partial charge in [0.25, 0.3) is 11.8 Å². The van der Waals surface area contributed by atoms with E-state index in [2.05, 4.69) is 10.6 Å². The Hall–Kier alpha value is -4.07. The molecule has 3 amide bonds. The van der Waals surface area contributed by atoms with Crippen molar-refractivity contribution in [2.75, 3.05) is 25.5 Å². The monoisotopic (exact) mass is 461 g/mol. The second-order valence-electron chi connectivity index (χ2n) is 8.13. The number of nitrogens with one attached hydrogen (secondary N) is 2. The lowest BCUT2D eigenvalue weighted by molar-refractivity contribution is -0.131. The minimum Gasteiger partial charge on any atom is -0.496 e. The summed E-state index contributed by atoms with van der Waals surface area (Å²) in [6.07, 6.45) is 3.12. The van der Waals surface area contributed by atoms with Crippen molar-refractivity contribution in [3.8, 4) is 5.75 Å². The first-order valence-corrected chi connectivity index (χ1v) is 11.2. The van der Waals surface area contributed by atoms with Crippen molar-refractivity contribution in [3.05, 3.63) is 83.8 Å². The molecule has 34 heavy (non-hydrogen) atoms. The van der Waals surface area contributed by atoms with Gasteiger partial charge < -0.3 is 24.7 Å². The second-order valence-corrected chi connectivity index (χ2v) is 8.13. The molecule has 0 spiro atoms. The number of hydrogen-bond donors (Lipinski definition) is 2. The fourth-order valence-corrected chi connectivity index (χ4v) is 3.97. The Morgan fingerprint density at radius 1 is 0.971 bits per heavy atom. The molecule has 0 unspecified atom stereocenters. The number of carbonyl (C=O) groups excluding carboxylic acids is 3. The van der Waals surface area contributed by atoms with E-state index in [1.54, 1.807) is 43.5 Å². The molecule has 0 bridgehead atoms. The van der Waals surface area contributed by atoms with Crippen LogP contribution in [-0.2, 0) is 11.2 Å². The lowest BCUT2D eigenvalue weighted by atomic mass is 10.0. The van der Waals surface area contributed by atoms with E-state index in [0.717, 1.165) is 5.56 Å². The fraction of sp³-hybridized carbons (Fsp3) is 0.269. The Bertz CT molecular complexity index is 1130. The molecule has 1 saturated heterocycles. The molecule has 8 nitrogen and oxygen atoms in total. The van der Waals surface area contributed by atoms with Crippen molar-refractivity contribution in [1.29, 1.82) is 0 Å². The minimum atomic E-state index is -0.353. The summed E-state index contributed by atoms with van der Waals surface area (Å²) in [4.78, 5) is 39.3. The summed E-state index contributed by atoms with van der Waals surface area (Å²) in [5, 5.41) is 5.77. The van der Waals surface area contributed by atoms with Gasteiger partial charge in [0.1, 0.15) is 5.75 Å². The van der Waals surface area contributed by atoms with Crippen molar-refractivity contribution in [1.82, 2.24) is 10.2 Å². The number of anilines is 1. The number of benzene rings is 2. The Morgan fingerprint density at radius 3 is 2.38 bits per heavy atom. The van der Waals surface area contributed by atoms with Crippen LogP contribution in [0.15, 0.2) is 71.3 Å². The third-order valence-electron chi connectivity index (χ3n) is 5.87. The molecular weight excluding hydrogens is 434 g/mol. The number of rotatable bonds is 7. The van der Waals surface area contributed by atoms with Gasteiger partial charge in [-0.15, -0.1) is 0 Å². The van der Waals surface area contributed by atoms with Crippen molar-refractivity contribution >= 4 is 23.4 Å². The highest BCUT2D eigenvalue weighted by atomic mass is 16.5. The zero-order chi connectivity index (χ0) is 23.9. The Labute approximate surface area is 197 Å². The van der Waals surface area contributed by atoms with Crippen LogP contribution in [0.1, 0.15) is 39.3 Å². The number of nitrogens with zero attached hydrogens (tertiary/aromatic N) is 1. The first-order valence-electron chi connectivity index (χ1n) is 11.2. The first kappa shape index (κ1) is 23.1. The molecule has 2 N–H and O–H groups in total. The van der Waals surface area contributed by atoms with E-state index >= 15 is 0 Å². The molecular formula is C26H27N3O5. The smallest absolute Gasteiger partial charge is 0.291 e. The van der Waals surface area contributed by atoms with Crippen molar-refractivity contribution in [2.45, 2.75) is 25.3 Å². The number of ether oxygens (including phenoxy) is 1. The number of hydrogen-bond acceptors (Lipinski definition) is 5. The van der Waals surface area contributed by atoms with E-state index in [4.69, 9.17) is 9.15 Å². The third-order valence-corrected chi connectivity index (χ3v) is 5.87. The van der Waals surface area contributed by atoms with E-state index in [0.29, 0.717) is 49.4 Å². The molecule has 1 aliphatic heterocycles. The predicted molar refractivity (Wildman–Crippen MR) is 127 cm³/mol. The molecule has 2 heterocycles. The van der Waals surface area contributed by atoms with Crippen LogP contribution < -0.4 is 15.4 Å². The van der Waals surface area contributed by atoms with Gasteiger partial charge in [0.05, 0.1) is 19.8 Å². The molecule has 0 aliphatic carbocycles. The van der Waals surface area contributed by atoms with Crippen LogP contribution in [0, 0.1) is 0 Å². The molecule has 0 radical (unpaired) electrons. The summed E-state index contributed by atoms with van der Waals surface area (Å²) in [5.74, 6) is 0.456. The van der Waals surface area contributed by atoms with Gasteiger partial charge in [-0.2, -0.15) is 0 Å². The number of methoxy groups -OCH3 is 1. The van der Waals surface area contributed by atoms with E-state index in [-0.39, 0.29) is 29.5 Å². The fourth-order valence-electron chi connectivity index (χ4n) is 3.97. The molecule has 3 aromatic rings. The number of para-hydroxylation sites is 1. The Kier molecular flexibility index (Phi) is 7.27. The molecule has 1 fully saturated rings. The van der Waals surface area contributed by atoms with Crippen LogP contribution >= 0.6 is 0 Å². The maximum absolute atomic E-state index is 12.7. The summed E-state index contributed by atoms with van der Waals surface area (Å²) >= 11 is 0. The van der Waals surface area contributed by atoms with Gasteiger partial charge >= 0.3 is 0 Å². The summed E-state index contributed by atoms with van der Waals surface area (Å²) in [6, 6.07) is 17.4. The predicted octanol–water partition coefficient (Wildman–Crippen LogP) is 3.50. The van der Waals surface area contributed by atoms with E-state index in [1.165, 1.54) is 6.26 Å². The summed E-state index contributed by atoms with van der Waals surface area (Å²) < 4.78 is 10.4. The molecule has 2 aromatic carbocycles. The van der Waals surface area contributed by atoms with Crippen LogP contribution in [0.25, 0.3) is 0 Å². The number of likely N-dealkylation sites (tertiary alicyclic amines) is 1. The number of furan rings is 1. The highest BCUT2D eigenvalue weighted by Gasteiger charge is 2.24. The van der Waals surface area contributed by atoms with Gasteiger partial charge in [-0.1, -0.05) is 18.2 Å². The highest BCUT2D eigenvalue weighted by Crippen LogP contribution is 2.20. The summed E-state index contributed by atoms with van der Waals surface area (Å²) in [5.41, 5.74) is 1.94. The first-order chi connectivity index (χ1) is 16.5.